The number of benzene rings is 2. The summed E-state index contributed by atoms with van der Waals surface area (Å²) in [5.41, 5.74) is 2.29. The molecular weight excluding hydrogens is 270 g/mol. The number of ether oxygens (including phenoxy) is 1. The maximum absolute atomic E-state index is 6.25. The third-order valence-electron chi connectivity index (χ3n) is 3.75. The van der Waals surface area contributed by atoms with Gasteiger partial charge in [-0.15, -0.1) is 0 Å². The lowest BCUT2D eigenvalue weighted by Gasteiger charge is -2.21. The lowest BCUT2D eigenvalue weighted by atomic mass is 10.0. The Morgan fingerprint density at radius 3 is 2.40 bits per heavy atom. The first kappa shape index (κ1) is 13.3. The van der Waals surface area contributed by atoms with Crippen molar-refractivity contribution in [2.75, 3.05) is 12.4 Å². The number of hydrogen-bond donors (Lipinski definition) is 1. The van der Waals surface area contributed by atoms with Gasteiger partial charge in [0.05, 0.1) is 23.9 Å². The molecule has 0 heterocycles. The summed E-state index contributed by atoms with van der Waals surface area (Å²) in [7, 11) is 1.69. The predicted octanol–water partition coefficient (Wildman–Crippen LogP) is 4.91. The van der Waals surface area contributed by atoms with Crippen molar-refractivity contribution >= 4 is 17.3 Å². The van der Waals surface area contributed by atoms with E-state index in [1.807, 2.05) is 36.4 Å². The van der Waals surface area contributed by atoms with Crippen LogP contribution in [0.25, 0.3) is 0 Å². The summed E-state index contributed by atoms with van der Waals surface area (Å²) < 4.78 is 5.22. The van der Waals surface area contributed by atoms with E-state index in [0.717, 1.165) is 16.5 Å². The molecule has 0 amide bonds. The topological polar surface area (TPSA) is 21.3 Å². The van der Waals surface area contributed by atoms with Gasteiger partial charge in [-0.3, -0.25) is 0 Å². The molecule has 2 nitrogen and oxygen atoms in total. The van der Waals surface area contributed by atoms with E-state index < -0.39 is 0 Å². The van der Waals surface area contributed by atoms with Gasteiger partial charge < -0.3 is 10.1 Å². The highest BCUT2D eigenvalue weighted by atomic mass is 35.5. The van der Waals surface area contributed by atoms with Gasteiger partial charge in [0, 0.05) is 0 Å². The minimum Gasteiger partial charge on any atom is -0.497 e. The van der Waals surface area contributed by atoms with Crippen molar-refractivity contribution < 1.29 is 4.74 Å². The average molecular weight is 288 g/mol. The van der Waals surface area contributed by atoms with Gasteiger partial charge in [0.25, 0.3) is 0 Å². The van der Waals surface area contributed by atoms with E-state index in [1.54, 1.807) is 7.11 Å². The molecule has 1 atom stereocenters. The third-order valence-corrected chi connectivity index (χ3v) is 4.08. The molecule has 0 saturated heterocycles. The highest BCUT2D eigenvalue weighted by Crippen LogP contribution is 2.43. The maximum atomic E-state index is 6.25. The molecule has 1 unspecified atom stereocenters. The number of anilines is 1. The van der Waals surface area contributed by atoms with Gasteiger partial charge in [-0.25, -0.2) is 0 Å². The highest BCUT2D eigenvalue weighted by Gasteiger charge is 2.32. The van der Waals surface area contributed by atoms with Crippen LogP contribution in [0.1, 0.15) is 24.4 Å². The van der Waals surface area contributed by atoms with Crippen LogP contribution in [-0.4, -0.2) is 7.11 Å². The van der Waals surface area contributed by atoms with E-state index in [-0.39, 0.29) is 0 Å². The van der Waals surface area contributed by atoms with Crippen LogP contribution in [0.3, 0.4) is 0 Å². The fourth-order valence-corrected chi connectivity index (χ4v) is 2.65. The van der Waals surface area contributed by atoms with E-state index in [2.05, 4.69) is 17.4 Å². The molecule has 1 N–H and O–H groups in total. The molecule has 0 aliphatic heterocycles. The van der Waals surface area contributed by atoms with E-state index >= 15 is 0 Å². The van der Waals surface area contributed by atoms with Gasteiger partial charge in [-0.05, 0) is 48.6 Å². The van der Waals surface area contributed by atoms with Gasteiger partial charge in [0.1, 0.15) is 5.75 Å². The number of hydrogen-bond acceptors (Lipinski definition) is 2. The standard InChI is InChI=1S/C17H18ClNO/c1-20-14-10-8-13(9-11-14)17(12-6-7-12)19-16-5-3-2-4-15(16)18/h2-5,8-12,17,19H,6-7H2,1H3. The zero-order chi connectivity index (χ0) is 13.9. The Morgan fingerprint density at radius 2 is 1.80 bits per heavy atom. The Labute approximate surface area is 124 Å². The second-order valence-corrected chi connectivity index (χ2v) is 5.62. The quantitative estimate of drug-likeness (QED) is 0.843. The van der Waals surface area contributed by atoms with Gasteiger partial charge in [-0.1, -0.05) is 35.9 Å². The minimum atomic E-state index is 0.320. The monoisotopic (exact) mass is 287 g/mol. The Balaban J connectivity index is 1.83. The van der Waals surface area contributed by atoms with Crippen molar-refractivity contribution in [2.24, 2.45) is 5.92 Å². The smallest absolute Gasteiger partial charge is 0.118 e. The van der Waals surface area contributed by atoms with E-state index in [4.69, 9.17) is 16.3 Å². The summed E-state index contributed by atoms with van der Waals surface area (Å²) in [6, 6.07) is 16.5. The third kappa shape index (κ3) is 2.91. The largest absolute Gasteiger partial charge is 0.497 e. The summed E-state index contributed by atoms with van der Waals surface area (Å²) in [5, 5.41) is 4.36. The Bertz CT molecular complexity index is 578. The van der Waals surface area contributed by atoms with Crippen molar-refractivity contribution in [2.45, 2.75) is 18.9 Å². The summed E-state index contributed by atoms with van der Waals surface area (Å²) in [6.07, 6.45) is 2.54. The number of nitrogens with one attached hydrogen (secondary N) is 1. The minimum absolute atomic E-state index is 0.320. The van der Waals surface area contributed by atoms with Gasteiger partial charge >= 0.3 is 0 Å². The average Bonchev–Trinajstić information content (AvgIpc) is 3.31. The van der Waals surface area contributed by atoms with Gasteiger partial charge in [-0.2, -0.15) is 0 Å². The summed E-state index contributed by atoms with van der Waals surface area (Å²) in [5.74, 6) is 1.58. The molecular formula is C17H18ClNO. The SMILES string of the molecule is COc1ccc(C(Nc2ccccc2Cl)C2CC2)cc1. The van der Waals surface area contributed by atoms with Crippen LogP contribution in [0.4, 0.5) is 5.69 Å². The Hall–Kier alpha value is -1.67. The number of rotatable bonds is 5. The van der Waals surface area contributed by atoms with Crippen LogP contribution in [0.15, 0.2) is 48.5 Å². The Morgan fingerprint density at radius 1 is 1.10 bits per heavy atom. The van der Waals surface area contributed by atoms with E-state index in [9.17, 15) is 0 Å². The molecule has 3 heteroatoms. The van der Waals surface area contributed by atoms with E-state index in [0.29, 0.717) is 12.0 Å². The molecule has 0 spiro atoms. The first-order valence-electron chi connectivity index (χ1n) is 6.93. The van der Waals surface area contributed by atoms with Crippen molar-refractivity contribution in [3.63, 3.8) is 0 Å². The maximum Gasteiger partial charge on any atom is 0.118 e. The van der Waals surface area contributed by atoms with Crippen molar-refractivity contribution in [1.29, 1.82) is 0 Å². The molecule has 104 valence electrons. The predicted molar refractivity (Wildman–Crippen MR) is 83.5 cm³/mol. The van der Waals surface area contributed by atoms with Crippen LogP contribution < -0.4 is 10.1 Å². The second-order valence-electron chi connectivity index (χ2n) is 5.21. The molecule has 0 bridgehead atoms. The van der Waals surface area contributed by atoms with Crippen LogP contribution in [0.2, 0.25) is 5.02 Å². The normalized spacial score (nSPS) is 15.7. The fourth-order valence-electron chi connectivity index (χ4n) is 2.46. The zero-order valence-electron chi connectivity index (χ0n) is 11.5. The highest BCUT2D eigenvalue weighted by molar-refractivity contribution is 6.33. The molecule has 2 aromatic rings. The molecule has 1 aliphatic rings. The zero-order valence-corrected chi connectivity index (χ0v) is 12.2. The second kappa shape index (κ2) is 5.76. The van der Waals surface area contributed by atoms with Crippen LogP contribution >= 0.6 is 11.6 Å². The number of para-hydroxylation sites is 1. The van der Waals surface area contributed by atoms with Crippen molar-refractivity contribution in [3.8, 4) is 5.75 Å². The van der Waals surface area contributed by atoms with Crippen LogP contribution in [-0.2, 0) is 0 Å². The van der Waals surface area contributed by atoms with Gasteiger partial charge in [0.2, 0.25) is 0 Å². The lowest BCUT2D eigenvalue weighted by molar-refractivity contribution is 0.414. The molecule has 20 heavy (non-hydrogen) atoms. The molecule has 1 saturated carbocycles. The number of halogens is 1. The van der Waals surface area contributed by atoms with Crippen LogP contribution in [0.5, 0.6) is 5.75 Å². The molecule has 3 rings (SSSR count). The van der Waals surface area contributed by atoms with Crippen LogP contribution in [0, 0.1) is 5.92 Å². The summed E-state index contributed by atoms with van der Waals surface area (Å²) in [6.45, 7) is 0. The molecule has 2 aromatic carbocycles. The molecule has 0 aromatic heterocycles. The summed E-state index contributed by atoms with van der Waals surface area (Å²) >= 11 is 6.25. The van der Waals surface area contributed by atoms with E-state index in [1.165, 1.54) is 18.4 Å². The summed E-state index contributed by atoms with van der Waals surface area (Å²) in [4.78, 5) is 0. The molecule has 1 fully saturated rings. The molecule has 0 radical (unpaired) electrons. The molecule has 1 aliphatic carbocycles. The Kier molecular flexibility index (Phi) is 3.83. The number of methoxy groups -OCH3 is 1. The van der Waals surface area contributed by atoms with Gasteiger partial charge in [0.15, 0.2) is 0 Å². The fraction of sp³-hybridized carbons (Fsp3) is 0.294. The van der Waals surface area contributed by atoms with Crippen molar-refractivity contribution in [3.05, 3.63) is 59.1 Å². The lowest BCUT2D eigenvalue weighted by Crippen LogP contribution is -2.13. The first-order valence-corrected chi connectivity index (χ1v) is 7.31. The first-order chi connectivity index (χ1) is 9.78. The van der Waals surface area contributed by atoms with Crippen molar-refractivity contribution in [1.82, 2.24) is 0 Å².